The standard InChI is InChI=1S/C30H38N4O5S/c1-29(2,3)34-26(36)19-24(40-34)21-12-14-22(15-13-21)32-25(35)16-17-31-27(37)23(18-20-10-8-7-9-11-20)33-28(38)39-30(4,5)6/h7-15,19,23H,16-18H2,1-6H3,(H,31,37)(H,32,35)(H,33,38)/t23-/m0/s1. The van der Waals surface area contributed by atoms with E-state index < -0.39 is 23.6 Å². The zero-order valence-electron chi connectivity index (χ0n) is 23.9. The normalized spacial score (nSPS) is 12.3. The van der Waals surface area contributed by atoms with Gasteiger partial charge in [-0.15, -0.1) is 0 Å². The molecule has 3 aromatic rings. The maximum Gasteiger partial charge on any atom is 0.408 e. The summed E-state index contributed by atoms with van der Waals surface area (Å²) in [5.41, 5.74) is 1.33. The fourth-order valence-corrected chi connectivity index (χ4v) is 4.82. The van der Waals surface area contributed by atoms with E-state index in [2.05, 4.69) is 16.0 Å². The molecule has 0 spiro atoms. The van der Waals surface area contributed by atoms with E-state index in [1.165, 1.54) is 11.5 Å². The highest BCUT2D eigenvalue weighted by atomic mass is 32.1. The minimum atomic E-state index is -0.864. The summed E-state index contributed by atoms with van der Waals surface area (Å²) in [6, 6.07) is 17.3. The van der Waals surface area contributed by atoms with Crippen LogP contribution in [0.2, 0.25) is 0 Å². The highest BCUT2D eigenvalue weighted by Gasteiger charge is 2.25. The molecule has 1 heterocycles. The monoisotopic (exact) mass is 566 g/mol. The van der Waals surface area contributed by atoms with E-state index >= 15 is 0 Å². The molecule has 10 heteroatoms. The third kappa shape index (κ3) is 9.37. The second kappa shape index (κ2) is 13.0. The van der Waals surface area contributed by atoms with E-state index in [9.17, 15) is 19.2 Å². The minimum absolute atomic E-state index is 0.0424. The summed E-state index contributed by atoms with van der Waals surface area (Å²) in [6.07, 6.45) is -0.362. The van der Waals surface area contributed by atoms with Crippen molar-refractivity contribution in [2.24, 2.45) is 0 Å². The summed E-state index contributed by atoms with van der Waals surface area (Å²) in [6.45, 7) is 11.3. The fourth-order valence-electron chi connectivity index (χ4n) is 3.82. The van der Waals surface area contributed by atoms with Crippen LogP contribution < -0.4 is 21.5 Å². The summed E-state index contributed by atoms with van der Waals surface area (Å²) in [5, 5.41) is 8.19. The van der Waals surface area contributed by atoms with Crippen molar-refractivity contribution in [2.75, 3.05) is 11.9 Å². The molecule has 3 amide bonds. The van der Waals surface area contributed by atoms with Crippen LogP contribution >= 0.6 is 11.5 Å². The van der Waals surface area contributed by atoms with Gasteiger partial charge >= 0.3 is 6.09 Å². The molecule has 214 valence electrons. The van der Waals surface area contributed by atoms with Gasteiger partial charge in [-0.2, -0.15) is 0 Å². The van der Waals surface area contributed by atoms with Crippen molar-refractivity contribution in [1.82, 2.24) is 14.6 Å². The van der Waals surface area contributed by atoms with E-state index in [0.717, 1.165) is 16.0 Å². The molecule has 3 N–H and O–H groups in total. The Hall–Kier alpha value is -3.92. The number of hydrogen-bond donors (Lipinski definition) is 3. The molecule has 0 saturated heterocycles. The molecule has 0 bridgehead atoms. The largest absolute Gasteiger partial charge is 0.444 e. The van der Waals surface area contributed by atoms with Crippen molar-refractivity contribution in [3.8, 4) is 10.4 Å². The topological polar surface area (TPSA) is 119 Å². The predicted octanol–water partition coefficient (Wildman–Crippen LogP) is 4.91. The number of alkyl carbamates (subject to hydrolysis) is 1. The fraction of sp³-hybridized carbons (Fsp3) is 0.400. The Balaban J connectivity index is 1.54. The molecule has 0 unspecified atom stereocenters. The van der Waals surface area contributed by atoms with Crippen LogP contribution in [0.4, 0.5) is 10.5 Å². The van der Waals surface area contributed by atoms with Crippen LogP contribution in [-0.2, 0) is 26.3 Å². The molecule has 1 atom stereocenters. The van der Waals surface area contributed by atoms with Crippen LogP contribution in [0.1, 0.15) is 53.5 Å². The van der Waals surface area contributed by atoms with Gasteiger partial charge in [-0.25, -0.2) is 4.79 Å². The average molecular weight is 567 g/mol. The van der Waals surface area contributed by atoms with Gasteiger partial charge in [0.25, 0.3) is 5.56 Å². The van der Waals surface area contributed by atoms with E-state index in [-0.39, 0.29) is 36.4 Å². The Morgan fingerprint density at radius 1 is 0.950 bits per heavy atom. The Morgan fingerprint density at radius 3 is 2.17 bits per heavy atom. The SMILES string of the molecule is CC(C)(C)OC(=O)N[C@@H](Cc1ccccc1)C(=O)NCCC(=O)Nc1ccc(-c2cc(=O)n(C(C)(C)C)s2)cc1. The second-order valence-corrected chi connectivity index (χ2v) is 12.4. The van der Waals surface area contributed by atoms with Crippen LogP contribution in [0.5, 0.6) is 0 Å². The first kappa shape index (κ1) is 30.6. The summed E-state index contributed by atoms with van der Waals surface area (Å²) < 4.78 is 7.05. The van der Waals surface area contributed by atoms with Gasteiger partial charge in [0.2, 0.25) is 11.8 Å². The van der Waals surface area contributed by atoms with Crippen molar-refractivity contribution >= 4 is 35.1 Å². The Kier molecular flexibility index (Phi) is 9.92. The molecule has 0 fully saturated rings. The summed E-state index contributed by atoms with van der Waals surface area (Å²) in [5.74, 6) is -0.677. The summed E-state index contributed by atoms with van der Waals surface area (Å²) >= 11 is 1.40. The van der Waals surface area contributed by atoms with Gasteiger partial charge in [0, 0.05) is 31.1 Å². The third-order valence-electron chi connectivity index (χ3n) is 5.65. The Morgan fingerprint density at radius 2 is 1.60 bits per heavy atom. The van der Waals surface area contributed by atoms with Crippen LogP contribution in [0.15, 0.2) is 65.5 Å². The number of aromatic nitrogens is 1. The van der Waals surface area contributed by atoms with E-state index in [1.54, 1.807) is 42.9 Å². The van der Waals surface area contributed by atoms with Crippen molar-refractivity contribution < 1.29 is 19.1 Å². The Labute approximate surface area is 239 Å². The van der Waals surface area contributed by atoms with Gasteiger partial charge < -0.3 is 20.7 Å². The number of carbonyl (C=O) groups is 3. The van der Waals surface area contributed by atoms with E-state index in [1.807, 2.05) is 63.2 Å². The van der Waals surface area contributed by atoms with Crippen molar-refractivity contribution in [3.05, 3.63) is 76.6 Å². The van der Waals surface area contributed by atoms with Crippen LogP contribution in [0.25, 0.3) is 10.4 Å². The van der Waals surface area contributed by atoms with Gasteiger partial charge in [0.1, 0.15) is 11.6 Å². The van der Waals surface area contributed by atoms with E-state index in [0.29, 0.717) is 5.69 Å². The highest BCUT2D eigenvalue weighted by Crippen LogP contribution is 2.27. The molecular formula is C30H38N4O5S. The molecule has 0 saturated carbocycles. The van der Waals surface area contributed by atoms with Crippen LogP contribution in [0, 0.1) is 0 Å². The van der Waals surface area contributed by atoms with Crippen molar-refractivity contribution in [2.45, 2.75) is 71.6 Å². The van der Waals surface area contributed by atoms with Crippen molar-refractivity contribution in [1.29, 1.82) is 0 Å². The molecule has 9 nitrogen and oxygen atoms in total. The first-order valence-corrected chi connectivity index (χ1v) is 13.9. The lowest BCUT2D eigenvalue weighted by atomic mass is 10.1. The average Bonchev–Trinajstić information content (AvgIpc) is 3.26. The number of amides is 3. The van der Waals surface area contributed by atoms with E-state index in [4.69, 9.17) is 4.74 Å². The zero-order valence-corrected chi connectivity index (χ0v) is 24.7. The predicted molar refractivity (Wildman–Crippen MR) is 159 cm³/mol. The summed E-state index contributed by atoms with van der Waals surface area (Å²) in [4.78, 5) is 50.9. The molecule has 3 rings (SSSR count). The molecule has 0 radical (unpaired) electrons. The molecule has 0 aliphatic rings. The number of nitrogens with zero attached hydrogens (tertiary/aromatic N) is 1. The lowest BCUT2D eigenvalue weighted by Crippen LogP contribution is -2.49. The molecular weight excluding hydrogens is 528 g/mol. The molecule has 2 aromatic carbocycles. The number of benzene rings is 2. The maximum atomic E-state index is 12.9. The van der Waals surface area contributed by atoms with Gasteiger partial charge in [0.15, 0.2) is 0 Å². The Bertz CT molecular complexity index is 1370. The third-order valence-corrected chi connectivity index (χ3v) is 7.11. The lowest BCUT2D eigenvalue weighted by Gasteiger charge is -2.23. The number of hydrogen-bond acceptors (Lipinski definition) is 6. The lowest BCUT2D eigenvalue weighted by molar-refractivity contribution is -0.123. The molecule has 0 aliphatic heterocycles. The molecule has 1 aromatic heterocycles. The first-order valence-electron chi connectivity index (χ1n) is 13.2. The number of rotatable bonds is 9. The van der Waals surface area contributed by atoms with Gasteiger partial charge in [-0.05, 0) is 64.8 Å². The van der Waals surface area contributed by atoms with Gasteiger partial charge in [-0.1, -0.05) is 54.0 Å². The second-order valence-electron chi connectivity index (χ2n) is 11.5. The number of nitrogens with one attached hydrogen (secondary N) is 3. The highest BCUT2D eigenvalue weighted by molar-refractivity contribution is 7.10. The summed E-state index contributed by atoms with van der Waals surface area (Å²) in [7, 11) is 0. The van der Waals surface area contributed by atoms with Crippen LogP contribution in [-0.4, -0.2) is 40.1 Å². The molecule has 0 aliphatic carbocycles. The number of ether oxygens (including phenoxy) is 1. The minimum Gasteiger partial charge on any atom is -0.444 e. The van der Waals surface area contributed by atoms with Crippen LogP contribution in [0.3, 0.4) is 0 Å². The number of carbonyl (C=O) groups excluding carboxylic acids is 3. The van der Waals surface area contributed by atoms with Crippen molar-refractivity contribution in [3.63, 3.8) is 0 Å². The first-order chi connectivity index (χ1) is 18.7. The zero-order chi connectivity index (χ0) is 29.5. The quantitative estimate of drug-likeness (QED) is 0.340. The maximum absolute atomic E-state index is 12.9. The number of anilines is 1. The smallest absolute Gasteiger partial charge is 0.408 e. The van der Waals surface area contributed by atoms with Gasteiger partial charge in [-0.3, -0.25) is 18.3 Å². The van der Waals surface area contributed by atoms with Gasteiger partial charge in [0.05, 0.1) is 10.4 Å². The molecule has 40 heavy (non-hydrogen) atoms.